The lowest BCUT2D eigenvalue weighted by molar-refractivity contribution is -0.174. The fourth-order valence-corrected chi connectivity index (χ4v) is 2.75. The van der Waals surface area contributed by atoms with Crippen molar-refractivity contribution in [2.75, 3.05) is 18.9 Å². The van der Waals surface area contributed by atoms with Gasteiger partial charge >= 0.3 is 12.2 Å². The molecule has 7 heteroatoms. The van der Waals surface area contributed by atoms with Crippen LogP contribution in [0, 0.1) is 17.8 Å². The molecule has 2 aliphatic rings. The number of rotatable bonds is 0. The molecule has 122 valence electrons. The Hall–Kier alpha value is -1.87. The second kappa shape index (κ2) is 5.34. The van der Waals surface area contributed by atoms with Crippen LogP contribution in [0.3, 0.4) is 0 Å². The molecule has 1 atom stereocenters. The van der Waals surface area contributed by atoms with E-state index in [2.05, 4.69) is 17.2 Å². The van der Waals surface area contributed by atoms with Crippen molar-refractivity contribution in [2.45, 2.75) is 24.4 Å². The van der Waals surface area contributed by atoms with E-state index in [-0.39, 0.29) is 22.2 Å². The molecule has 1 aliphatic heterocycles. The van der Waals surface area contributed by atoms with Crippen molar-refractivity contribution < 1.29 is 18.0 Å². The molecule has 0 unspecified atom stereocenters. The number of carbonyl (C=O) groups is 1. The van der Waals surface area contributed by atoms with Gasteiger partial charge < -0.3 is 10.2 Å². The Bertz CT molecular complexity index is 718. The second-order valence-electron chi connectivity index (χ2n) is 5.92. The summed E-state index contributed by atoms with van der Waals surface area (Å²) in [4.78, 5) is 13.0. The summed E-state index contributed by atoms with van der Waals surface area (Å²) in [5.74, 6) is 5.17. The molecular formula is C16H14ClF3N2O. The van der Waals surface area contributed by atoms with E-state index in [9.17, 15) is 18.0 Å². The van der Waals surface area contributed by atoms with Gasteiger partial charge in [0.1, 0.15) is 0 Å². The number of benzene rings is 1. The third-order valence-corrected chi connectivity index (χ3v) is 4.29. The number of alkyl halides is 3. The van der Waals surface area contributed by atoms with Crippen molar-refractivity contribution in [3.8, 4) is 11.8 Å². The van der Waals surface area contributed by atoms with Gasteiger partial charge in [0.15, 0.2) is 5.41 Å². The average molecular weight is 343 g/mol. The van der Waals surface area contributed by atoms with Crippen molar-refractivity contribution in [2.24, 2.45) is 5.92 Å². The number of likely N-dealkylation sites (N-methyl/N-ethyl adjacent to an activating group) is 1. The van der Waals surface area contributed by atoms with Crippen LogP contribution in [0.15, 0.2) is 18.2 Å². The number of fused-ring (bicyclic) bond motifs is 1. The number of nitrogens with one attached hydrogen (secondary N) is 1. The number of amides is 2. The van der Waals surface area contributed by atoms with Gasteiger partial charge in [0.05, 0.1) is 6.54 Å². The first-order chi connectivity index (χ1) is 10.7. The largest absolute Gasteiger partial charge is 0.410 e. The number of anilines is 1. The Kier molecular flexibility index (Phi) is 3.72. The van der Waals surface area contributed by atoms with Crippen LogP contribution >= 0.6 is 11.6 Å². The molecule has 1 aliphatic carbocycles. The second-order valence-corrected chi connectivity index (χ2v) is 6.36. The van der Waals surface area contributed by atoms with E-state index >= 15 is 0 Å². The van der Waals surface area contributed by atoms with E-state index < -0.39 is 24.2 Å². The Balaban J connectivity index is 2.25. The molecule has 1 aromatic rings. The Morgan fingerprint density at radius 2 is 2.09 bits per heavy atom. The third-order valence-electron chi connectivity index (χ3n) is 4.05. The SMILES string of the molecule is CN1C[C@](C#CC2CC2)(C(F)(F)F)c2cc(Cl)ccc2NC1=O. The van der Waals surface area contributed by atoms with Gasteiger partial charge in [0, 0.05) is 29.2 Å². The number of urea groups is 1. The van der Waals surface area contributed by atoms with Gasteiger partial charge in [0.2, 0.25) is 0 Å². The van der Waals surface area contributed by atoms with Crippen LogP contribution in [0.5, 0.6) is 0 Å². The molecule has 0 aromatic heterocycles. The Morgan fingerprint density at radius 3 is 2.70 bits per heavy atom. The molecule has 1 N–H and O–H groups in total. The smallest absolute Gasteiger partial charge is 0.325 e. The first kappa shape index (κ1) is 16.0. The summed E-state index contributed by atoms with van der Waals surface area (Å²) in [6.07, 6.45) is -3.01. The minimum atomic E-state index is -4.64. The van der Waals surface area contributed by atoms with Gasteiger partial charge in [-0.25, -0.2) is 4.79 Å². The minimum absolute atomic E-state index is 0.00841. The van der Waals surface area contributed by atoms with Gasteiger partial charge in [-0.05, 0) is 31.0 Å². The summed E-state index contributed by atoms with van der Waals surface area (Å²) >= 11 is 5.91. The summed E-state index contributed by atoms with van der Waals surface area (Å²) in [5, 5.41) is 2.66. The zero-order valence-electron chi connectivity index (χ0n) is 12.3. The van der Waals surface area contributed by atoms with Crippen molar-refractivity contribution in [1.82, 2.24) is 4.90 Å². The molecule has 3 rings (SSSR count). The fraction of sp³-hybridized carbons (Fsp3) is 0.438. The average Bonchev–Trinajstić information content (AvgIpc) is 3.27. The molecule has 23 heavy (non-hydrogen) atoms. The van der Waals surface area contributed by atoms with E-state index in [0.717, 1.165) is 17.7 Å². The van der Waals surface area contributed by atoms with Gasteiger partial charge in [-0.15, -0.1) is 0 Å². The molecule has 0 saturated heterocycles. The minimum Gasteiger partial charge on any atom is -0.325 e. The molecule has 1 fully saturated rings. The molecule has 0 radical (unpaired) electrons. The topological polar surface area (TPSA) is 32.3 Å². The normalized spacial score (nSPS) is 24.2. The molecule has 2 amide bonds. The summed E-state index contributed by atoms with van der Waals surface area (Å²) < 4.78 is 42.1. The van der Waals surface area contributed by atoms with Gasteiger partial charge in [-0.2, -0.15) is 13.2 Å². The van der Waals surface area contributed by atoms with Crippen molar-refractivity contribution >= 4 is 23.3 Å². The number of hydrogen-bond acceptors (Lipinski definition) is 1. The standard InChI is InChI=1S/C16H14ClF3N2O/c1-22-9-15(16(18,19)20,7-6-10-2-3-10)12-8-11(17)4-5-13(12)21-14(22)23/h4-5,8,10H,2-3,9H2,1H3,(H,21,23)/t15-/m0/s1. The Morgan fingerprint density at radius 1 is 1.39 bits per heavy atom. The van der Waals surface area contributed by atoms with Crippen LogP contribution in [0.4, 0.5) is 23.7 Å². The maximum absolute atomic E-state index is 14.0. The molecular weight excluding hydrogens is 329 g/mol. The van der Waals surface area contributed by atoms with E-state index in [1.54, 1.807) is 0 Å². The molecule has 0 bridgehead atoms. The first-order valence-electron chi connectivity index (χ1n) is 7.14. The van der Waals surface area contributed by atoms with Crippen LogP contribution in [0.1, 0.15) is 18.4 Å². The Labute approximate surface area is 136 Å². The molecule has 1 heterocycles. The van der Waals surface area contributed by atoms with E-state index in [1.807, 2.05) is 0 Å². The van der Waals surface area contributed by atoms with Crippen LogP contribution in [0.2, 0.25) is 5.02 Å². The van der Waals surface area contributed by atoms with Crippen LogP contribution in [-0.2, 0) is 5.41 Å². The highest BCUT2D eigenvalue weighted by Gasteiger charge is 2.58. The third kappa shape index (κ3) is 2.86. The molecule has 1 saturated carbocycles. The lowest BCUT2D eigenvalue weighted by atomic mass is 9.78. The first-order valence-corrected chi connectivity index (χ1v) is 7.52. The van der Waals surface area contributed by atoms with Crippen LogP contribution in [-0.4, -0.2) is 30.7 Å². The monoisotopic (exact) mass is 342 g/mol. The zero-order valence-corrected chi connectivity index (χ0v) is 13.1. The lowest BCUT2D eigenvalue weighted by Crippen LogP contribution is -2.49. The maximum Gasteiger partial charge on any atom is 0.410 e. The van der Waals surface area contributed by atoms with Crippen LogP contribution < -0.4 is 5.32 Å². The van der Waals surface area contributed by atoms with E-state index in [4.69, 9.17) is 11.6 Å². The van der Waals surface area contributed by atoms with E-state index in [1.165, 1.54) is 25.2 Å². The van der Waals surface area contributed by atoms with E-state index in [0.29, 0.717) is 0 Å². The summed E-state index contributed by atoms with van der Waals surface area (Å²) in [7, 11) is 1.32. The van der Waals surface area contributed by atoms with Crippen LogP contribution in [0.25, 0.3) is 0 Å². The number of hydrogen-bond donors (Lipinski definition) is 1. The highest BCUT2D eigenvalue weighted by molar-refractivity contribution is 6.30. The van der Waals surface area contributed by atoms with Crippen molar-refractivity contribution in [1.29, 1.82) is 0 Å². The predicted molar refractivity (Wildman–Crippen MR) is 81.3 cm³/mol. The summed E-state index contributed by atoms with van der Waals surface area (Å²) in [6.45, 7) is -0.574. The predicted octanol–water partition coefficient (Wildman–Crippen LogP) is 4.03. The fourth-order valence-electron chi connectivity index (χ4n) is 2.57. The molecule has 1 aromatic carbocycles. The highest BCUT2D eigenvalue weighted by Crippen LogP contribution is 2.46. The summed E-state index contributed by atoms with van der Waals surface area (Å²) in [5.41, 5.74) is -2.47. The summed E-state index contributed by atoms with van der Waals surface area (Å²) in [6, 6.07) is 3.47. The number of carbonyl (C=O) groups excluding carboxylic acids is 1. The quantitative estimate of drug-likeness (QED) is 0.709. The van der Waals surface area contributed by atoms with Gasteiger partial charge in [-0.1, -0.05) is 23.4 Å². The van der Waals surface area contributed by atoms with Crippen molar-refractivity contribution in [3.05, 3.63) is 28.8 Å². The van der Waals surface area contributed by atoms with Crippen molar-refractivity contribution in [3.63, 3.8) is 0 Å². The number of nitrogens with zero attached hydrogens (tertiary/aromatic N) is 1. The molecule has 0 spiro atoms. The molecule has 3 nitrogen and oxygen atoms in total. The van der Waals surface area contributed by atoms with Gasteiger partial charge in [0.25, 0.3) is 0 Å². The number of halogens is 4. The maximum atomic E-state index is 14.0. The lowest BCUT2D eigenvalue weighted by Gasteiger charge is -2.33. The van der Waals surface area contributed by atoms with Gasteiger partial charge in [-0.3, -0.25) is 0 Å². The highest BCUT2D eigenvalue weighted by atomic mass is 35.5. The zero-order chi connectivity index (χ0) is 16.8.